The van der Waals surface area contributed by atoms with Gasteiger partial charge >= 0.3 is 8.25 Å². The molecule has 5 heteroatoms. The zero-order valence-corrected chi connectivity index (χ0v) is 9.55. The van der Waals surface area contributed by atoms with Crippen LogP contribution in [0.5, 0.6) is 0 Å². The molecule has 0 rings (SSSR count). The van der Waals surface area contributed by atoms with Crippen LogP contribution in [0.25, 0.3) is 0 Å². The second-order valence-corrected chi connectivity index (χ2v) is 3.26. The van der Waals surface area contributed by atoms with Crippen LogP contribution in [0.2, 0.25) is 0 Å². The van der Waals surface area contributed by atoms with Crippen LogP contribution in [0, 0.1) is 0 Å². The van der Waals surface area contributed by atoms with E-state index in [1.165, 1.54) is 32.2 Å². The maximum Gasteiger partial charge on any atom is 0.314 e. The molecule has 0 atom stereocenters. The third-order valence-electron chi connectivity index (χ3n) is 1.46. The highest BCUT2D eigenvalue weighted by molar-refractivity contribution is 7.30. The van der Waals surface area contributed by atoms with E-state index < -0.39 is 8.25 Å². The molecule has 3 N–H and O–H groups in total. The van der Waals surface area contributed by atoms with Crippen LogP contribution >= 0.6 is 8.25 Å². The second kappa shape index (κ2) is 14.6. The standard InChI is InChI=1S/C8H19N.H3O3P/c1-3-5-6-7-8-9-4-2;1-4(2)3/h9H,3-8H2,1-2H3;4H,(H2,1,2,3). The van der Waals surface area contributed by atoms with Gasteiger partial charge in [0.1, 0.15) is 0 Å². The van der Waals surface area contributed by atoms with E-state index in [1.54, 1.807) is 0 Å². The number of rotatable bonds is 6. The summed E-state index contributed by atoms with van der Waals surface area (Å²) < 4.78 is 8.74. The van der Waals surface area contributed by atoms with Crippen LogP contribution in [-0.2, 0) is 4.57 Å². The Bertz CT molecular complexity index is 102. The fourth-order valence-electron chi connectivity index (χ4n) is 0.854. The first kappa shape index (κ1) is 15.6. The van der Waals surface area contributed by atoms with E-state index in [9.17, 15) is 0 Å². The van der Waals surface area contributed by atoms with E-state index >= 15 is 0 Å². The third-order valence-corrected chi connectivity index (χ3v) is 1.46. The Labute approximate surface area is 81.3 Å². The molecular weight excluding hydrogens is 189 g/mol. The van der Waals surface area contributed by atoms with E-state index in [4.69, 9.17) is 14.4 Å². The average Bonchev–Trinajstić information content (AvgIpc) is 2.03. The highest BCUT2D eigenvalue weighted by Crippen LogP contribution is 1.98. The average molecular weight is 211 g/mol. The Morgan fingerprint density at radius 3 is 2.08 bits per heavy atom. The van der Waals surface area contributed by atoms with E-state index in [2.05, 4.69) is 19.2 Å². The summed E-state index contributed by atoms with van der Waals surface area (Å²) in [6, 6.07) is 0. The molecule has 0 aromatic heterocycles. The monoisotopic (exact) mass is 211 g/mol. The topological polar surface area (TPSA) is 69.6 Å². The Hall–Kier alpha value is 0.110. The Balaban J connectivity index is 0. The summed E-state index contributed by atoms with van der Waals surface area (Å²) in [5.74, 6) is 0. The van der Waals surface area contributed by atoms with Gasteiger partial charge in [-0.3, -0.25) is 4.57 Å². The van der Waals surface area contributed by atoms with Crippen LogP contribution in [0.15, 0.2) is 0 Å². The number of unbranched alkanes of at least 4 members (excludes halogenated alkanes) is 3. The summed E-state index contributed by atoms with van der Waals surface area (Å²) in [5, 5.41) is 3.31. The quantitative estimate of drug-likeness (QED) is 0.460. The van der Waals surface area contributed by atoms with Gasteiger partial charge in [-0.25, -0.2) is 0 Å². The summed E-state index contributed by atoms with van der Waals surface area (Å²) >= 11 is 0. The number of hydrogen-bond donors (Lipinski definition) is 3. The van der Waals surface area contributed by atoms with Crippen molar-refractivity contribution in [3.63, 3.8) is 0 Å². The molecule has 0 unspecified atom stereocenters. The first-order valence-corrected chi connectivity index (χ1v) is 6.08. The van der Waals surface area contributed by atoms with Crippen molar-refractivity contribution in [1.29, 1.82) is 0 Å². The lowest BCUT2D eigenvalue weighted by Crippen LogP contribution is -2.13. The minimum atomic E-state index is -3.13. The molecule has 4 nitrogen and oxygen atoms in total. The van der Waals surface area contributed by atoms with Gasteiger partial charge in [0.2, 0.25) is 0 Å². The lowest BCUT2D eigenvalue weighted by molar-refractivity contribution is 0.405. The minimum Gasteiger partial charge on any atom is -0.326 e. The molecule has 0 saturated carbocycles. The van der Waals surface area contributed by atoms with Gasteiger partial charge in [-0.15, -0.1) is 0 Å². The third kappa shape index (κ3) is 33.2. The summed E-state index contributed by atoms with van der Waals surface area (Å²) in [4.78, 5) is 14.3. The van der Waals surface area contributed by atoms with E-state index in [1.807, 2.05) is 0 Å². The fourth-order valence-corrected chi connectivity index (χ4v) is 0.854. The maximum absolute atomic E-state index is 8.74. The largest absolute Gasteiger partial charge is 0.326 e. The molecule has 82 valence electrons. The Kier molecular flexibility index (Phi) is 17.5. The lowest BCUT2D eigenvalue weighted by atomic mass is 10.2. The summed E-state index contributed by atoms with van der Waals surface area (Å²) in [6.07, 6.45) is 5.47. The van der Waals surface area contributed by atoms with Crippen molar-refractivity contribution in [3.8, 4) is 0 Å². The van der Waals surface area contributed by atoms with Gasteiger partial charge < -0.3 is 15.1 Å². The molecule has 0 spiro atoms. The van der Waals surface area contributed by atoms with Crippen LogP contribution < -0.4 is 5.32 Å². The van der Waals surface area contributed by atoms with Crippen molar-refractivity contribution >= 4 is 8.25 Å². The summed E-state index contributed by atoms with van der Waals surface area (Å²) in [6.45, 7) is 6.72. The van der Waals surface area contributed by atoms with Crippen molar-refractivity contribution in [2.45, 2.75) is 39.5 Å². The predicted octanol–water partition coefficient (Wildman–Crippen LogP) is 1.54. The van der Waals surface area contributed by atoms with Crippen LogP contribution in [-0.4, -0.2) is 22.9 Å². The molecule has 0 fully saturated rings. The predicted molar refractivity (Wildman–Crippen MR) is 56.1 cm³/mol. The van der Waals surface area contributed by atoms with Crippen LogP contribution in [0.3, 0.4) is 0 Å². The molecule has 13 heavy (non-hydrogen) atoms. The van der Waals surface area contributed by atoms with Crippen molar-refractivity contribution < 1.29 is 14.4 Å². The van der Waals surface area contributed by atoms with Crippen LogP contribution in [0.4, 0.5) is 0 Å². The molecule has 0 aliphatic rings. The molecule has 0 aromatic carbocycles. The van der Waals surface area contributed by atoms with Crippen molar-refractivity contribution in [2.75, 3.05) is 13.1 Å². The molecule has 0 bridgehead atoms. The first-order valence-electron chi connectivity index (χ1n) is 4.77. The highest BCUT2D eigenvalue weighted by atomic mass is 31.1. The van der Waals surface area contributed by atoms with Gasteiger partial charge in [-0.2, -0.15) is 0 Å². The maximum atomic E-state index is 8.74. The van der Waals surface area contributed by atoms with Crippen molar-refractivity contribution in [3.05, 3.63) is 0 Å². The molecule has 0 radical (unpaired) electrons. The summed E-state index contributed by atoms with van der Waals surface area (Å²) in [7, 11) is -3.13. The van der Waals surface area contributed by atoms with E-state index in [0.717, 1.165) is 6.54 Å². The SMILES string of the molecule is CCCCCCNCC.O=[PH](O)O. The lowest BCUT2D eigenvalue weighted by Gasteiger charge is -1.98. The number of nitrogens with one attached hydrogen (secondary N) is 1. The molecule has 0 saturated heterocycles. The van der Waals surface area contributed by atoms with Crippen molar-refractivity contribution in [2.24, 2.45) is 0 Å². The minimum absolute atomic E-state index is 1.12. The zero-order valence-electron chi connectivity index (χ0n) is 8.55. The van der Waals surface area contributed by atoms with Crippen LogP contribution in [0.1, 0.15) is 39.5 Å². The molecule has 0 aliphatic carbocycles. The Morgan fingerprint density at radius 2 is 1.69 bits per heavy atom. The molecule has 0 aromatic rings. The van der Waals surface area contributed by atoms with Gasteiger partial charge in [0.25, 0.3) is 0 Å². The van der Waals surface area contributed by atoms with Gasteiger partial charge in [-0.05, 0) is 19.5 Å². The normalized spacial score (nSPS) is 9.62. The highest BCUT2D eigenvalue weighted by Gasteiger charge is 1.84. The van der Waals surface area contributed by atoms with Gasteiger partial charge in [0, 0.05) is 0 Å². The second-order valence-electron chi connectivity index (χ2n) is 2.70. The van der Waals surface area contributed by atoms with Crippen molar-refractivity contribution in [1.82, 2.24) is 5.32 Å². The number of hydrogen-bond acceptors (Lipinski definition) is 2. The first-order chi connectivity index (χ1) is 6.15. The Morgan fingerprint density at radius 1 is 1.15 bits per heavy atom. The van der Waals surface area contributed by atoms with Gasteiger partial charge in [-0.1, -0.05) is 33.1 Å². The van der Waals surface area contributed by atoms with Gasteiger partial charge in [0.15, 0.2) is 0 Å². The summed E-state index contributed by atoms with van der Waals surface area (Å²) in [5.41, 5.74) is 0. The van der Waals surface area contributed by atoms with E-state index in [-0.39, 0.29) is 0 Å². The van der Waals surface area contributed by atoms with E-state index in [0.29, 0.717) is 0 Å². The molecular formula is C8H22NO3P. The molecule has 0 heterocycles. The van der Waals surface area contributed by atoms with Gasteiger partial charge in [0.05, 0.1) is 0 Å². The molecule has 0 aliphatic heterocycles. The fraction of sp³-hybridized carbons (Fsp3) is 1.00. The molecule has 0 amide bonds. The zero-order chi connectivity index (χ0) is 10.5. The smallest absolute Gasteiger partial charge is 0.314 e.